The third-order valence-corrected chi connectivity index (χ3v) is 7.20. The smallest absolute Gasteiger partial charge is 0.302 e. The van der Waals surface area contributed by atoms with Crippen LogP contribution >= 0.6 is 0 Å². The second-order valence-corrected chi connectivity index (χ2v) is 9.76. The lowest BCUT2D eigenvalue weighted by atomic mass is 10.2. The number of carbonyl (C=O) groups is 1. The Bertz CT molecular complexity index is 194. The zero-order chi connectivity index (χ0) is 11.4. The van der Waals surface area contributed by atoms with Crippen molar-refractivity contribution in [2.45, 2.75) is 45.8 Å². The Morgan fingerprint density at radius 3 is 2.07 bits per heavy atom. The van der Waals surface area contributed by atoms with Gasteiger partial charge in [0.05, 0.1) is 6.61 Å². The highest BCUT2D eigenvalue weighted by Gasteiger charge is 2.36. The molecule has 0 spiro atoms. The Hall–Kier alpha value is -0.353. The largest absolute Gasteiger partial charge is 0.463 e. The van der Waals surface area contributed by atoms with Crippen LogP contribution in [0.4, 0.5) is 0 Å². The molecule has 0 saturated carbocycles. The van der Waals surface area contributed by atoms with E-state index >= 15 is 0 Å². The topological polar surface area (TPSA) is 35.5 Å². The molecule has 0 rings (SSSR count). The average molecular weight is 218 g/mol. The highest BCUT2D eigenvalue weighted by Crippen LogP contribution is 2.36. The fourth-order valence-corrected chi connectivity index (χ4v) is 1.73. The normalized spacial score (nSPS) is 12.7. The summed E-state index contributed by atoms with van der Waals surface area (Å²) in [6, 6.07) is 0. The Kier molecular flexibility index (Phi) is 4.81. The first-order chi connectivity index (χ1) is 6.17. The zero-order valence-electron chi connectivity index (χ0n) is 10.1. The number of ether oxygens (including phenoxy) is 1. The molecule has 0 amide bonds. The molecule has 0 aromatic heterocycles. The van der Waals surface area contributed by atoms with Crippen molar-refractivity contribution in [3.05, 3.63) is 0 Å². The first kappa shape index (κ1) is 13.6. The second kappa shape index (κ2) is 4.93. The summed E-state index contributed by atoms with van der Waals surface area (Å²) in [6.45, 7) is 13.2. The molecule has 0 aromatic rings. The van der Waals surface area contributed by atoms with Crippen molar-refractivity contribution < 1.29 is 14.0 Å². The fraction of sp³-hybridized carbons (Fsp3) is 0.900. The van der Waals surface area contributed by atoms with Gasteiger partial charge in [-0.3, -0.25) is 4.79 Å². The lowest BCUT2D eigenvalue weighted by molar-refractivity contribution is -0.141. The summed E-state index contributed by atoms with van der Waals surface area (Å²) in [5.41, 5.74) is 0. The van der Waals surface area contributed by atoms with Gasteiger partial charge in [-0.25, -0.2) is 0 Å². The van der Waals surface area contributed by atoms with Crippen LogP contribution in [0, 0.1) is 0 Å². The van der Waals surface area contributed by atoms with Crippen molar-refractivity contribution in [2.24, 2.45) is 0 Å². The molecule has 4 heteroatoms. The first-order valence-electron chi connectivity index (χ1n) is 4.94. The maximum absolute atomic E-state index is 10.5. The van der Waals surface area contributed by atoms with Gasteiger partial charge in [0.15, 0.2) is 8.32 Å². The van der Waals surface area contributed by atoms with E-state index in [9.17, 15) is 4.79 Å². The monoisotopic (exact) mass is 218 g/mol. The Morgan fingerprint density at radius 1 is 1.21 bits per heavy atom. The Labute approximate surface area is 87.9 Å². The molecular formula is C10H22O3Si. The van der Waals surface area contributed by atoms with Gasteiger partial charge in [0, 0.05) is 6.92 Å². The van der Waals surface area contributed by atoms with Crippen molar-refractivity contribution in [3.8, 4) is 0 Å². The second-order valence-electron chi connectivity index (χ2n) is 4.95. The molecule has 0 fully saturated rings. The summed E-state index contributed by atoms with van der Waals surface area (Å²) in [6.07, 6.45) is 0. The van der Waals surface area contributed by atoms with E-state index in [0.29, 0.717) is 13.2 Å². The number of hydrogen-bond acceptors (Lipinski definition) is 3. The van der Waals surface area contributed by atoms with Crippen LogP contribution in [0.3, 0.4) is 0 Å². The minimum Gasteiger partial charge on any atom is -0.463 e. The third kappa shape index (κ3) is 4.76. The zero-order valence-corrected chi connectivity index (χ0v) is 11.1. The van der Waals surface area contributed by atoms with Gasteiger partial charge in [0.2, 0.25) is 0 Å². The van der Waals surface area contributed by atoms with E-state index in [0.717, 1.165) is 0 Å². The van der Waals surface area contributed by atoms with Crippen LogP contribution in [0.2, 0.25) is 18.1 Å². The Balaban J connectivity index is 3.83. The summed E-state index contributed by atoms with van der Waals surface area (Å²) >= 11 is 0. The van der Waals surface area contributed by atoms with Crippen molar-refractivity contribution >= 4 is 14.3 Å². The molecule has 0 bridgehead atoms. The van der Waals surface area contributed by atoms with Gasteiger partial charge in [0.25, 0.3) is 0 Å². The average Bonchev–Trinajstić information content (AvgIpc) is 1.95. The van der Waals surface area contributed by atoms with Gasteiger partial charge in [-0.15, -0.1) is 0 Å². The van der Waals surface area contributed by atoms with E-state index in [4.69, 9.17) is 9.16 Å². The van der Waals surface area contributed by atoms with Gasteiger partial charge in [-0.1, -0.05) is 20.8 Å². The van der Waals surface area contributed by atoms with Crippen molar-refractivity contribution in [2.75, 3.05) is 13.2 Å². The minimum atomic E-state index is -1.67. The highest BCUT2D eigenvalue weighted by atomic mass is 28.4. The molecule has 0 N–H and O–H groups in total. The summed E-state index contributed by atoms with van der Waals surface area (Å²) in [7, 11) is -1.67. The van der Waals surface area contributed by atoms with E-state index in [-0.39, 0.29) is 11.0 Å². The predicted octanol–water partition coefficient (Wildman–Crippen LogP) is 2.57. The number of rotatable bonds is 4. The van der Waals surface area contributed by atoms with Crippen LogP contribution in [0.15, 0.2) is 0 Å². The van der Waals surface area contributed by atoms with Crippen LogP contribution in [0.5, 0.6) is 0 Å². The molecule has 0 radical (unpaired) electrons. The molecule has 0 aliphatic rings. The van der Waals surface area contributed by atoms with Crippen LogP contribution in [0.25, 0.3) is 0 Å². The molecule has 0 aliphatic heterocycles. The quantitative estimate of drug-likeness (QED) is 0.413. The minimum absolute atomic E-state index is 0.212. The van der Waals surface area contributed by atoms with Crippen molar-refractivity contribution in [3.63, 3.8) is 0 Å². The molecule has 0 aliphatic carbocycles. The van der Waals surface area contributed by atoms with Gasteiger partial charge in [-0.2, -0.15) is 0 Å². The number of esters is 1. The molecule has 3 nitrogen and oxygen atoms in total. The number of carbonyl (C=O) groups excluding carboxylic acids is 1. The molecule has 0 unspecified atom stereocenters. The molecule has 0 aromatic carbocycles. The van der Waals surface area contributed by atoms with Gasteiger partial charge in [-0.05, 0) is 18.1 Å². The summed E-state index contributed by atoms with van der Waals surface area (Å²) in [4.78, 5) is 10.5. The van der Waals surface area contributed by atoms with E-state index in [2.05, 4.69) is 33.9 Å². The van der Waals surface area contributed by atoms with E-state index < -0.39 is 8.32 Å². The maximum atomic E-state index is 10.5. The van der Waals surface area contributed by atoms with Crippen LogP contribution in [-0.2, 0) is 14.0 Å². The molecular weight excluding hydrogens is 196 g/mol. The first-order valence-corrected chi connectivity index (χ1v) is 7.85. The maximum Gasteiger partial charge on any atom is 0.302 e. The van der Waals surface area contributed by atoms with Crippen molar-refractivity contribution in [1.82, 2.24) is 0 Å². The van der Waals surface area contributed by atoms with Gasteiger partial charge in [0.1, 0.15) is 6.61 Å². The molecule has 84 valence electrons. The van der Waals surface area contributed by atoms with Crippen LogP contribution in [0.1, 0.15) is 27.7 Å². The molecule has 0 heterocycles. The standard InChI is InChI=1S/C10H22O3Si/c1-9(11)12-7-8-13-14(5,6)10(2,3)4/h7-8H2,1-6H3. The van der Waals surface area contributed by atoms with Crippen LogP contribution < -0.4 is 0 Å². The van der Waals surface area contributed by atoms with Gasteiger partial charge < -0.3 is 9.16 Å². The van der Waals surface area contributed by atoms with E-state index in [1.165, 1.54) is 6.92 Å². The van der Waals surface area contributed by atoms with Crippen LogP contribution in [-0.4, -0.2) is 27.5 Å². The summed E-state index contributed by atoms with van der Waals surface area (Å²) < 4.78 is 10.6. The number of hydrogen-bond donors (Lipinski definition) is 0. The highest BCUT2D eigenvalue weighted by molar-refractivity contribution is 6.74. The molecule has 0 atom stereocenters. The SMILES string of the molecule is CC(=O)OCCO[Si](C)(C)C(C)(C)C. The fourth-order valence-electron chi connectivity index (χ4n) is 0.699. The predicted molar refractivity (Wildman–Crippen MR) is 59.8 cm³/mol. The van der Waals surface area contributed by atoms with Crippen molar-refractivity contribution in [1.29, 1.82) is 0 Å². The Morgan fingerprint density at radius 2 is 1.71 bits per heavy atom. The summed E-state index contributed by atoms with van der Waals surface area (Å²) in [5, 5.41) is 0.212. The molecule has 14 heavy (non-hydrogen) atoms. The van der Waals surface area contributed by atoms with Gasteiger partial charge >= 0.3 is 5.97 Å². The molecule has 0 saturated heterocycles. The lowest BCUT2D eigenvalue weighted by Gasteiger charge is -2.36. The summed E-state index contributed by atoms with van der Waals surface area (Å²) in [5.74, 6) is -0.246. The van der Waals surface area contributed by atoms with E-state index in [1.54, 1.807) is 0 Å². The van der Waals surface area contributed by atoms with E-state index in [1.807, 2.05) is 0 Å². The lowest BCUT2D eigenvalue weighted by Crippen LogP contribution is -2.41. The third-order valence-electron chi connectivity index (χ3n) is 2.66.